The van der Waals surface area contributed by atoms with E-state index >= 15 is 0 Å². The Balaban J connectivity index is 1.25. The lowest BCUT2D eigenvalue weighted by molar-refractivity contribution is -0.0765. The molecule has 0 saturated carbocycles. The summed E-state index contributed by atoms with van der Waals surface area (Å²) in [6, 6.07) is 9.80. The number of piperidine rings is 1. The summed E-state index contributed by atoms with van der Waals surface area (Å²) in [4.78, 5) is 19.2. The van der Waals surface area contributed by atoms with Crippen molar-refractivity contribution in [1.82, 2.24) is 15.2 Å². The normalized spacial score (nSPS) is 21.4. The van der Waals surface area contributed by atoms with E-state index in [1.165, 1.54) is 12.1 Å². The van der Waals surface area contributed by atoms with Crippen LogP contribution >= 0.6 is 11.6 Å². The van der Waals surface area contributed by atoms with E-state index in [0.29, 0.717) is 6.54 Å². The van der Waals surface area contributed by atoms with E-state index in [9.17, 15) is 9.18 Å². The van der Waals surface area contributed by atoms with Crippen LogP contribution in [0.25, 0.3) is 0 Å². The second-order valence-corrected chi connectivity index (χ2v) is 8.30. The molecule has 0 aliphatic carbocycles. The fourth-order valence-corrected chi connectivity index (χ4v) is 4.47. The van der Waals surface area contributed by atoms with Crippen molar-refractivity contribution in [2.24, 2.45) is 0 Å². The molecule has 0 bridgehead atoms. The van der Waals surface area contributed by atoms with Crippen LogP contribution in [0.1, 0.15) is 41.7 Å². The Labute approximate surface area is 175 Å². The number of halogens is 2. The number of likely N-dealkylation sites (tertiary alicyclic amines) is 1. The van der Waals surface area contributed by atoms with E-state index in [0.717, 1.165) is 57.1 Å². The molecule has 7 heteroatoms. The summed E-state index contributed by atoms with van der Waals surface area (Å²) in [5.41, 5.74) is 1.29. The van der Waals surface area contributed by atoms with Gasteiger partial charge in [-0.2, -0.15) is 0 Å². The third-order valence-corrected chi connectivity index (χ3v) is 6.20. The van der Waals surface area contributed by atoms with Crippen LogP contribution in [0, 0.1) is 5.82 Å². The molecule has 29 heavy (non-hydrogen) atoms. The smallest absolute Gasteiger partial charge is 0.252 e. The van der Waals surface area contributed by atoms with Gasteiger partial charge < -0.3 is 10.1 Å². The molecule has 2 saturated heterocycles. The van der Waals surface area contributed by atoms with E-state index < -0.39 is 5.82 Å². The standard InChI is InChI=1S/C22H25ClFN3O2/c23-20-13-16(24)4-5-19(20)21(28)26-14-18-6-7-22(29-18)8-11-27(12-9-22)15-17-3-1-2-10-25-17/h1-5,10,13,18H,6-9,11-12,14-15H2,(H,26,28)/t18-/m0/s1. The third-order valence-electron chi connectivity index (χ3n) is 5.88. The van der Waals surface area contributed by atoms with Gasteiger partial charge >= 0.3 is 0 Å². The first-order chi connectivity index (χ1) is 14.0. The Morgan fingerprint density at radius 3 is 2.83 bits per heavy atom. The van der Waals surface area contributed by atoms with Crippen molar-refractivity contribution in [3.05, 3.63) is 64.7 Å². The van der Waals surface area contributed by atoms with Gasteiger partial charge in [-0.05, 0) is 56.0 Å². The molecule has 0 radical (unpaired) electrons. The minimum atomic E-state index is -0.456. The Morgan fingerprint density at radius 2 is 2.10 bits per heavy atom. The van der Waals surface area contributed by atoms with Crippen LogP contribution in [0.15, 0.2) is 42.6 Å². The van der Waals surface area contributed by atoms with Gasteiger partial charge in [0.05, 0.1) is 28.0 Å². The topological polar surface area (TPSA) is 54.5 Å². The van der Waals surface area contributed by atoms with Crippen LogP contribution in [-0.4, -0.2) is 47.1 Å². The number of benzene rings is 1. The summed E-state index contributed by atoms with van der Waals surface area (Å²) in [7, 11) is 0. The van der Waals surface area contributed by atoms with Gasteiger partial charge in [0.1, 0.15) is 5.82 Å². The van der Waals surface area contributed by atoms with Crippen molar-refractivity contribution in [3.63, 3.8) is 0 Å². The lowest BCUT2D eigenvalue weighted by Crippen LogP contribution is -2.45. The molecule has 1 spiro atoms. The number of hydrogen-bond acceptors (Lipinski definition) is 4. The summed E-state index contributed by atoms with van der Waals surface area (Å²) in [5.74, 6) is -0.758. The zero-order valence-electron chi connectivity index (χ0n) is 16.2. The van der Waals surface area contributed by atoms with Crippen molar-refractivity contribution < 1.29 is 13.9 Å². The summed E-state index contributed by atoms with van der Waals surface area (Å²) >= 11 is 5.97. The average molecular weight is 418 g/mol. The number of amides is 1. The maximum Gasteiger partial charge on any atom is 0.252 e. The highest BCUT2D eigenvalue weighted by Gasteiger charge is 2.42. The predicted molar refractivity (Wildman–Crippen MR) is 109 cm³/mol. The van der Waals surface area contributed by atoms with Crippen LogP contribution in [0.2, 0.25) is 5.02 Å². The van der Waals surface area contributed by atoms with Crippen molar-refractivity contribution in [1.29, 1.82) is 0 Å². The highest BCUT2D eigenvalue weighted by molar-refractivity contribution is 6.33. The van der Waals surface area contributed by atoms with E-state index in [-0.39, 0.29) is 28.2 Å². The van der Waals surface area contributed by atoms with Crippen LogP contribution in [0.5, 0.6) is 0 Å². The van der Waals surface area contributed by atoms with E-state index in [4.69, 9.17) is 16.3 Å². The van der Waals surface area contributed by atoms with E-state index in [1.807, 2.05) is 18.3 Å². The number of carbonyl (C=O) groups excluding carboxylic acids is 1. The molecule has 3 heterocycles. The summed E-state index contributed by atoms with van der Waals surface area (Å²) in [6.45, 7) is 3.28. The van der Waals surface area contributed by atoms with Crippen LogP contribution < -0.4 is 5.32 Å². The van der Waals surface area contributed by atoms with Crippen molar-refractivity contribution in [2.45, 2.75) is 43.9 Å². The molecule has 5 nitrogen and oxygen atoms in total. The lowest BCUT2D eigenvalue weighted by Gasteiger charge is -2.39. The molecule has 1 atom stereocenters. The molecular weight excluding hydrogens is 393 g/mol. The van der Waals surface area contributed by atoms with Gasteiger partial charge in [-0.3, -0.25) is 14.7 Å². The first kappa shape index (κ1) is 20.3. The van der Waals surface area contributed by atoms with Crippen LogP contribution in [-0.2, 0) is 11.3 Å². The number of ether oxygens (including phenoxy) is 1. The Morgan fingerprint density at radius 1 is 1.28 bits per heavy atom. The molecule has 1 aromatic heterocycles. The Bertz CT molecular complexity index is 856. The first-order valence-electron chi connectivity index (χ1n) is 10.1. The van der Waals surface area contributed by atoms with Gasteiger partial charge in [-0.15, -0.1) is 0 Å². The average Bonchev–Trinajstić information content (AvgIpc) is 3.12. The maximum atomic E-state index is 13.2. The summed E-state index contributed by atoms with van der Waals surface area (Å²) in [5, 5.41) is 2.99. The number of nitrogens with zero attached hydrogens (tertiary/aromatic N) is 2. The summed E-state index contributed by atoms with van der Waals surface area (Å²) < 4.78 is 19.5. The van der Waals surface area contributed by atoms with Gasteiger partial charge in [0.25, 0.3) is 5.91 Å². The molecule has 2 aliphatic heterocycles. The van der Waals surface area contributed by atoms with Gasteiger partial charge in [0.15, 0.2) is 0 Å². The number of rotatable bonds is 5. The number of nitrogens with one attached hydrogen (secondary N) is 1. The molecule has 154 valence electrons. The fraction of sp³-hybridized carbons (Fsp3) is 0.455. The predicted octanol–water partition coefficient (Wildman–Crippen LogP) is 3.82. The van der Waals surface area contributed by atoms with Crippen molar-refractivity contribution in [3.8, 4) is 0 Å². The van der Waals surface area contributed by atoms with Gasteiger partial charge in [0, 0.05) is 32.4 Å². The number of carbonyl (C=O) groups is 1. The summed E-state index contributed by atoms with van der Waals surface area (Å²) in [6.07, 6.45) is 5.77. The zero-order valence-corrected chi connectivity index (χ0v) is 17.0. The lowest BCUT2D eigenvalue weighted by atomic mass is 9.88. The molecule has 0 unspecified atom stereocenters. The van der Waals surface area contributed by atoms with Crippen molar-refractivity contribution >= 4 is 17.5 Å². The second kappa shape index (κ2) is 8.78. The van der Waals surface area contributed by atoms with Crippen LogP contribution in [0.3, 0.4) is 0 Å². The molecule has 1 N–H and O–H groups in total. The van der Waals surface area contributed by atoms with E-state index in [2.05, 4.69) is 21.3 Å². The highest BCUT2D eigenvalue weighted by atomic mass is 35.5. The number of pyridine rings is 1. The molecule has 2 aromatic rings. The molecule has 2 aliphatic rings. The van der Waals surface area contributed by atoms with Crippen LogP contribution in [0.4, 0.5) is 4.39 Å². The minimum absolute atomic E-state index is 0.000476. The van der Waals surface area contributed by atoms with E-state index in [1.54, 1.807) is 0 Å². The number of aromatic nitrogens is 1. The molecular formula is C22H25ClFN3O2. The zero-order chi connectivity index (χ0) is 20.3. The Hall–Kier alpha value is -2.02. The van der Waals surface area contributed by atoms with Crippen molar-refractivity contribution in [2.75, 3.05) is 19.6 Å². The largest absolute Gasteiger partial charge is 0.370 e. The monoisotopic (exact) mass is 417 g/mol. The third kappa shape index (κ3) is 4.94. The Kier molecular flexibility index (Phi) is 6.13. The minimum Gasteiger partial charge on any atom is -0.370 e. The molecule has 2 fully saturated rings. The van der Waals surface area contributed by atoms with Gasteiger partial charge in [-0.25, -0.2) is 4.39 Å². The maximum absolute atomic E-state index is 13.2. The molecule has 1 amide bonds. The van der Waals surface area contributed by atoms with Gasteiger partial charge in [0.2, 0.25) is 0 Å². The first-order valence-corrected chi connectivity index (χ1v) is 10.4. The SMILES string of the molecule is O=C(NC[C@@H]1CCC2(CCN(Cc3ccccn3)CC2)O1)c1ccc(F)cc1Cl. The molecule has 4 rings (SSSR count). The van der Waals surface area contributed by atoms with Gasteiger partial charge in [-0.1, -0.05) is 17.7 Å². The second-order valence-electron chi connectivity index (χ2n) is 7.89. The quantitative estimate of drug-likeness (QED) is 0.803. The fourth-order valence-electron chi connectivity index (χ4n) is 4.22. The number of hydrogen-bond donors (Lipinski definition) is 1. The highest BCUT2D eigenvalue weighted by Crippen LogP contribution is 2.39. The molecule has 1 aromatic carbocycles.